The predicted octanol–water partition coefficient (Wildman–Crippen LogP) is 2.55. The number of nitro groups is 1. The van der Waals surface area contributed by atoms with Gasteiger partial charge in [0.15, 0.2) is 5.17 Å². The largest absolute Gasteiger partial charge is 0.326 e. The van der Waals surface area contributed by atoms with Gasteiger partial charge in [0.2, 0.25) is 11.8 Å². The van der Waals surface area contributed by atoms with E-state index in [2.05, 4.69) is 20.8 Å². The van der Waals surface area contributed by atoms with Crippen molar-refractivity contribution in [2.45, 2.75) is 11.7 Å². The fraction of sp³-hybridized carbons (Fsp3) is 0.111. The van der Waals surface area contributed by atoms with Crippen molar-refractivity contribution in [1.29, 1.82) is 0 Å². The molecule has 2 aromatic rings. The normalized spacial score (nSPS) is 17.6. The zero-order chi connectivity index (χ0) is 19.9. The number of para-hydroxylation sites is 1. The number of nitrogens with zero attached hydrogens (tertiary/aromatic N) is 3. The molecule has 1 unspecified atom stereocenters. The third-order valence-corrected chi connectivity index (χ3v) is 4.71. The van der Waals surface area contributed by atoms with Gasteiger partial charge in [-0.3, -0.25) is 19.7 Å². The first-order chi connectivity index (χ1) is 13.5. The quantitative estimate of drug-likeness (QED) is 0.440. The lowest BCUT2D eigenvalue weighted by Crippen LogP contribution is -2.28. The number of non-ortho nitro benzene ring substituents is 1. The number of amidine groups is 1. The van der Waals surface area contributed by atoms with Crippen molar-refractivity contribution in [3.63, 3.8) is 0 Å². The average Bonchev–Trinajstić information content (AvgIpc) is 3.02. The van der Waals surface area contributed by atoms with E-state index in [4.69, 9.17) is 0 Å². The highest BCUT2D eigenvalue weighted by atomic mass is 32.2. The highest BCUT2D eigenvalue weighted by Crippen LogP contribution is 2.23. The summed E-state index contributed by atoms with van der Waals surface area (Å²) in [6, 6.07) is 14.9. The Balaban J connectivity index is 1.57. The van der Waals surface area contributed by atoms with Crippen LogP contribution in [0.3, 0.4) is 0 Å². The van der Waals surface area contributed by atoms with Crippen molar-refractivity contribution in [3.8, 4) is 0 Å². The Morgan fingerprint density at radius 1 is 1.25 bits per heavy atom. The van der Waals surface area contributed by atoms with Gasteiger partial charge in [-0.2, -0.15) is 5.10 Å². The Bertz CT molecular complexity index is 961. The molecule has 0 saturated carbocycles. The lowest BCUT2D eigenvalue weighted by atomic mass is 10.2. The lowest BCUT2D eigenvalue weighted by molar-refractivity contribution is -0.384. The van der Waals surface area contributed by atoms with Crippen molar-refractivity contribution in [2.75, 3.05) is 5.32 Å². The zero-order valence-electron chi connectivity index (χ0n) is 14.4. The van der Waals surface area contributed by atoms with E-state index >= 15 is 0 Å². The first kappa shape index (κ1) is 19.2. The molecule has 1 saturated heterocycles. The number of benzene rings is 2. The van der Waals surface area contributed by atoms with Crippen molar-refractivity contribution in [2.24, 2.45) is 10.2 Å². The summed E-state index contributed by atoms with van der Waals surface area (Å²) < 4.78 is 0. The summed E-state index contributed by atoms with van der Waals surface area (Å²) >= 11 is 1.11. The molecule has 1 aliphatic rings. The number of carbonyl (C=O) groups is 2. The molecule has 3 rings (SSSR count). The van der Waals surface area contributed by atoms with Crippen LogP contribution in [0, 0.1) is 10.1 Å². The van der Waals surface area contributed by atoms with E-state index in [-0.39, 0.29) is 29.1 Å². The third-order valence-electron chi connectivity index (χ3n) is 3.64. The second-order valence-corrected chi connectivity index (χ2v) is 6.91. The summed E-state index contributed by atoms with van der Waals surface area (Å²) in [6.45, 7) is 0. The van der Waals surface area contributed by atoms with Gasteiger partial charge in [0, 0.05) is 29.8 Å². The van der Waals surface area contributed by atoms with Gasteiger partial charge < -0.3 is 10.6 Å². The van der Waals surface area contributed by atoms with Gasteiger partial charge in [-0.05, 0) is 12.1 Å². The molecule has 9 nitrogen and oxygen atoms in total. The molecule has 2 amide bonds. The predicted molar refractivity (Wildman–Crippen MR) is 107 cm³/mol. The van der Waals surface area contributed by atoms with Crippen LogP contribution in [0.5, 0.6) is 0 Å². The first-order valence-corrected chi connectivity index (χ1v) is 9.07. The number of thioether (sulfide) groups is 1. The highest BCUT2D eigenvalue weighted by Gasteiger charge is 2.32. The summed E-state index contributed by atoms with van der Waals surface area (Å²) in [4.78, 5) is 34.3. The van der Waals surface area contributed by atoms with Crippen LogP contribution in [-0.2, 0) is 9.59 Å². The molecule has 0 aromatic heterocycles. The Morgan fingerprint density at radius 3 is 2.79 bits per heavy atom. The maximum atomic E-state index is 12.1. The molecule has 0 radical (unpaired) electrons. The average molecular weight is 397 g/mol. The number of hydrogen-bond acceptors (Lipinski definition) is 7. The number of hydrogen-bond donors (Lipinski definition) is 2. The number of nitrogens with one attached hydrogen (secondary N) is 2. The van der Waals surface area contributed by atoms with Crippen molar-refractivity contribution >= 4 is 46.3 Å². The fourth-order valence-corrected chi connectivity index (χ4v) is 3.28. The molecule has 10 heteroatoms. The van der Waals surface area contributed by atoms with E-state index in [0.29, 0.717) is 11.3 Å². The molecule has 0 spiro atoms. The van der Waals surface area contributed by atoms with Crippen LogP contribution in [0.4, 0.5) is 11.4 Å². The van der Waals surface area contributed by atoms with Crippen molar-refractivity contribution < 1.29 is 14.5 Å². The van der Waals surface area contributed by atoms with E-state index in [1.54, 1.807) is 36.4 Å². The van der Waals surface area contributed by atoms with Crippen LogP contribution in [0.1, 0.15) is 12.0 Å². The second kappa shape index (κ2) is 8.91. The van der Waals surface area contributed by atoms with E-state index in [1.165, 1.54) is 18.3 Å². The highest BCUT2D eigenvalue weighted by molar-refractivity contribution is 8.15. The summed E-state index contributed by atoms with van der Waals surface area (Å²) in [7, 11) is 0. The Kier molecular flexibility index (Phi) is 6.12. The van der Waals surface area contributed by atoms with Crippen molar-refractivity contribution in [3.05, 3.63) is 70.3 Å². The van der Waals surface area contributed by atoms with Crippen LogP contribution in [0.2, 0.25) is 0 Å². The summed E-state index contributed by atoms with van der Waals surface area (Å²) in [5.74, 6) is -0.599. The number of carbonyl (C=O) groups excluding carboxylic acids is 2. The van der Waals surface area contributed by atoms with E-state index in [1.807, 2.05) is 6.07 Å². The molecule has 1 fully saturated rings. The van der Waals surface area contributed by atoms with Gasteiger partial charge in [-0.1, -0.05) is 42.1 Å². The number of nitro benzene ring substituents is 1. The number of amides is 2. The minimum atomic E-state index is -0.601. The lowest BCUT2D eigenvalue weighted by Gasteiger charge is -2.06. The van der Waals surface area contributed by atoms with Crippen LogP contribution in [0.15, 0.2) is 64.8 Å². The molecule has 1 heterocycles. The maximum Gasteiger partial charge on any atom is 0.270 e. The molecular formula is C18H15N5O4S. The second-order valence-electron chi connectivity index (χ2n) is 5.72. The topological polar surface area (TPSA) is 126 Å². The molecule has 28 heavy (non-hydrogen) atoms. The first-order valence-electron chi connectivity index (χ1n) is 8.19. The van der Waals surface area contributed by atoms with Crippen LogP contribution in [0.25, 0.3) is 0 Å². The molecule has 2 N–H and O–H groups in total. The molecule has 1 atom stereocenters. The smallest absolute Gasteiger partial charge is 0.270 e. The van der Waals surface area contributed by atoms with Crippen LogP contribution >= 0.6 is 11.8 Å². The van der Waals surface area contributed by atoms with Gasteiger partial charge in [-0.25, -0.2) is 0 Å². The molecule has 142 valence electrons. The minimum Gasteiger partial charge on any atom is -0.326 e. The van der Waals surface area contributed by atoms with E-state index in [9.17, 15) is 19.7 Å². The molecular weight excluding hydrogens is 382 g/mol. The van der Waals surface area contributed by atoms with E-state index < -0.39 is 10.2 Å². The van der Waals surface area contributed by atoms with Gasteiger partial charge in [0.25, 0.3) is 5.69 Å². The molecule has 1 aliphatic heterocycles. The summed E-state index contributed by atoms with van der Waals surface area (Å²) in [5, 5.41) is 23.5. The fourth-order valence-electron chi connectivity index (χ4n) is 2.36. The Morgan fingerprint density at radius 2 is 2.04 bits per heavy atom. The summed E-state index contributed by atoms with van der Waals surface area (Å²) in [6.07, 6.45) is 1.35. The van der Waals surface area contributed by atoms with Gasteiger partial charge in [0.05, 0.1) is 11.1 Å². The summed E-state index contributed by atoms with van der Waals surface area (Å²) in [5.41, 5.74) is 1.11. The monoisotopic (exact) mass is 397 g/mol. The van der Waals surface area contributed by atoms with Gasteiger partial charge in [-0.15, -0.1) is 5.10 Å². The third kappa shape index (κ3) is 5.24. The van der Waals surface area contributed by atoms with Crippen LogP contribution < -0.4 is 10.6 Å². The van der Waals surface area contributed by atoms with E-state index in [0.717, 1.165) is 11.8 Å². The number of anilines is 1. The zero-order valence-corrected chi connectivity index (χ0v) is 15.3. The standard InChI is InChI=1S/C18H15N5O4S/c24-16(20-13-6-2-1-3-7-13)10-15-17(25)21-18(28-15)22-19-11-12-5-4-8-14(9-12)23(26)27/h1-9,11,15H,10H2,(H,20,24)(H,21,22,25)/b19-11+. The van der Waals surface area contributed by atoms with Crippen molar-refractivity contribution in [1.82, 2.24) is 5.32 Å². The Hall–Kier alpha value is -3.53. The molecule has 2 aromatic carbocycles. The van der Waals surface area contributed by atoms with Gasteiger partial charge >= 0.3 is 0 Å². The SMILES string of the molecule is O=C(CC1S/C(=N/N=C/c2cccc([N+](=O)[O-])c2)NC1=O)Nc1ccccc1. The number of rotatable bonds is 6. The molecule has 0 aliphatic carbocycles. The van der Waals surface area contributed by atoms with Gasteiger partial charge in [0.1, 0.15) is 5.25 Å². The minimum absolute atomic E-state index is 0.000984. The maximum absolute atomic E-state index is 12.1. The Labute approximate surface area is 164 Å². The van der Waals surface area contributed by atoms with Crippen LogP contribution in [-0.4, -0.2) is 33.4 Å². The molecule has 0 bridgehead atoms.